The number of piperidine rings is 1. The third-order valence-electron chi connectivity index (χ3n) is 5.65. The van der Waals surface area contributed by atoms with Crippen LogP contribution in [0.25, 0.3) is 11.4 Å². The van der Waals surface area contributed by atoms with Gasteiger partial charge in [-0.25, -0.2) is 4.79 Å². The van der Waals surface area contributed by atoms with Crippen LogP contribution in [0.1, 0.15) is 40.6 Å². The molecule has 32 heavy (non-hydrogen) atoms. The second-order valence-electron chi connectivity index (χ2n) is 7.99. The van der Waals surface area contributed by atoms with Crippen molar-refractivity contribution in [2.24, 2.45) is 0 Å². The highest BCUT2D eigenvalue weighted by Crippen LogP contribution is 2.28. The summed E-state index contributed by atoms with van der Waals surface area (Å²) in [6, 6.07) is 14.7. The van der Waals surface area contributed by atoms with E-state index in [-0.39, 0.29) is 11.8 Å². The van der Waals surface area contributed by atoms with Gasteiger partial charge in [-0.2, -0.15) is 4.98 Å². The number of rotatable bonds is 6. The molecule has 1 aliphatic heterocycles. The first kappa shape index (κ1) is 21.7. The Bertz CT molecular complexity index is 1070. The van der Waals surface area contributed by atoms with E-state index in [1.54, 1.807) is 24.3 Å². The molecule has 3 aromatic rings. The number of benzene rings is 2. The summed E-state index contributed by atoms with van der Waals surface area (Å²) >= 11 is 0. The maximum atomic E-state index is 12.4. The van der Waals surface area contributed by atoms with E-state index >= 15 is 0 Å². The first-order valence-electron chi connectivity index (χ1n) is 10.6. The minimum absolute atomic E-state index is 0.0892. The summed E-state index contributed by atoms with van der Waals surface area (Å²) in [6.45, 7) is 3.91. The molecule has 0 bridgehead atoms. The van der Waals surface area contributed by atoms with Gasteiger partial charge in [0.25, 0.3) is 0 Å². The molecule has 0 radical (unpaired) electrons. The second kappa shape index (κ2) is 9.74. The Morgan fingerprint density at radius 1 is 1.09 bits per heavy atom. The Kier molecular flexibility index (Phi) is 6.61. The molecule has 0 saturated carbocycles. The summed E-state index contributed by atoms with van der Waals surface area (Å²) in [5, 5.41) is 7.00. The molecule has 0 atom stereocenters. The van der Waals surface area contributed by atoms with E-state index in [2.05, 4.69) is 25.1 Å². The van der Waals surface area contributed by atoms with Crippen LogP contribution in [-0.4, -0.2) is 53.7 Å². The van der Waals surface area contributed by atoms with Gasteiger partial charge in [-0.3, -0.25) is 9.69 Å². The number of carbonyl (C=O) groups is 2. The monoisotopic (exact) mass is 434 g/mol. The molecule has 166 valence electrons. The van der Waals surface area contributed by atoms with Crippen LogP contribution in [0.2, 0.25) is 0 Å². The zero-order valence-corrected chi connectivity index (χ0v) is 18.2. The summed E-state index contributed by atoms with van der Waals surface area (Å²) in [6.07, 6.45) is 1.72. The number of aromatic nitrogens is 2. The van der Waals surface area contributed by atoms with Crippen molar-refractivity contribution >= 4 is 17.6 Å². The quantitative estimate of drug-likeness (QED) is 0.592. The number of nitrogens with zero attached hydrogens (tertiary/aromatic N) is 3. The van der Waals surface area contributed by atoms with Gasteiger partial charge in [-0.1, -0.05) is 35.0 Å². The average Bonchev–Trinajstić information content (AvgIpc) is 3.30. The molecule has 8 heteroatoms. The summed E-state index contributed by atoms with van der Waals surface area (Å²) in [7, 11) is 1.34. The first-order chi connectivity index (χ1) is 15.5. The van der Waals surface area contributed by atoms with Gasteiger partial charge in [0.1, 0.15) is 0 Å². The number of esters is 1. The molecular formula is C24H26N4O4. The van der Waals surface area contributed by atoms with Gasteiger partial charge in [-0.15, -0.1) is 0 Å². The van der Waals surface area contributed by atoms with Crippen LogP contribution in [0.4, 0.5) is 5.69 Å². The molecule has 2 heterocycles. The molecule has 1 saturated heterocycles. The summed E-state index contributed by atoms with van der Waals surface area (Å²) in [5.74, 6) is 0.981. The van der Waals surface area contributed by atoms with Crippen LogP contribution in [0.3, 0.4) is 0 Å². The number of nitrogens with one attached hydrogen (secondary N) is 1. The Morgan fingerprint density at radius 2 is 1.78 bits per heavy atom. The lowest BCUT2D eigenvalue weighted by molar-refractivity contribution is -0.117. The average molecular weight is 434 g/mol. The second-order valence-corrected chi connectivity index (χ2v) is 7.99. The first-order valence-corrected chi connectivity index (χ1v) is 10.6. The highest BCUT2D eigenvalue weighted by Gasteiger charge is 2.26. The van der Waals surface area contributed by atoms with Gasteiger partial charge in [-0.05, 0) is 57.1 Å². The molecule has 1 fully saturated rings. The Hall–Kier alpha value is -3.52. The largest absolute Gasteiger partial charge is 0.465 e. The van der Waals surface area contributed by atoms with E-state index in [0.29, 0.717) is 29.5 Å². The summed E-state index contributed by atoms with van der Waals surface area (Å²) in [4.78, 5) is 30.6. The van der Waals surface area contributed by atoms with E-state index in [9.17, 15) is 9.59 Å². The van der Waals surface area contributed by atoms with Crippen molar-refractivity contribution in [3.63, 3.8) is 0 Å². The van der Waals surface area contributed by atoms with Crippen molar-refractivity contribution in [1.29, 1.82) is 0 Å². The van der Waals surface area contributed by atoms with E-state index in [0.717, 1.165) is 31.5 Å². The topological polar surface area (TPSA) is 97.6 Å². The third-order valence-corrected chi connectivity index (χ3v) is 5.65. The van der Waals surface area contributed by atoms with Crippen LogP contribution in [0, 0.1) is 6.92 Å². The number of hydrogen-bond donors (Lipinski definition) is 1. The van der Waals surface area contributed by atoms with Crippen LogP contribution < -0.4 is 5.32 Å². The highest BCUT2D eigenvalue weighted by atomic mass is 16.5. The normalized spacial score (nSPS) is 14.8. The number of likely N-dealkylation sites (tertiary alicyclic amines) is 1. The molecule has 1 aliphatic rings. The van der Waals surface area contributed by atoms with Crippen molar-refractivity contribution < 1.29 is 18.8 Å². The van der Waals surface area contributed by atoms with Crippen molar-refractivity contribution in [3.05, 3.63) is 65.5 Å². The van der Waals surface area contributed by atoms with Crippen LogP contribution in [0.5, 0.6) is 0 Å². The van der Waals surface area contributed by atoms with Gasteiger partial charge in [0.2, 0.25) is 17.6 Å². The number of ether oxygens (including phenoxy) is 1. The van der Waals surface area contributed by atoms with Crippen molar-refractivity contribution in [2.75, 3.05) is 32.1 Å². The molecule has 0 unspecified atom stereocenters. The van der Waals surface area contributed by atoms with E-state index in [1.165, 1.54) is 12.7 Å². The van der Waals surface area contributed by atoms with Gasteiger partial charge >= 0.3 is 5.97 Å². The fraction of sp³-hybridized carbons (Fsp3) is 0.333. The molecular weight excluding hydrogens is 408 g/mol. The van der Waals surface area contributed by atoms with Crippen molar-refractivity contribution in [2.45, 2.75) is 25.7 Å². The lowest BCUT2D eigenvalue weighted by Crippen LogP contribution is -2.38. The maximum Gasteiger partial charge on any atom is 0.337 e. The minimum Gasteiger partial charge on any atom is -0.465 e. The zero-order chi connectivity index (χ0) is 22.5. The SMILES string of the molecule is COC(=O)c1ccc(NC(=O)CN2CCC(c3nc(-c4ccc(C)cc4)no3)CC2)cc1. The van der Waals surface area contributed by atoms with Gasteiger partial charge in [0.05, 0.1) is 19.2 Å². The number of carbonyl (C=O) groups excluding carboxylic acids is 2. The number of aryl methyl sites for hydroxylation is 1. The molecule has 0 aliphatic carbocycles. The maximum absolute atomic E-state index is 12.4. The van der Waals surface area contributed by atoms with E-state index < -0.39 is 5.97 Å². The molecule has 2 aromatic carbocycles. The Labute approximate surface area is 186 Å². The minimum atomic E-state index is -0.405. The van der Waals surface area contributed by atoms with Gasteiger partial charge in [0, 0.05) is 17.2 Å². The lowest BCUT2D eigenvalue weighted by Gasteiger charge is -2.29. The standard InChI is InChI=1S/C24H26N4O4/c1-16-3-5-17(6-4-16)22-26-23(32-27-22)18-11-13-28(14-12-18)15-21(29)25-20-9-7-19(8-10-20)24(30)31-2/h3-10,18H,11-15H2,1-2H3,(H,25,29). The molecule has 1 N–H and O–H groups in total. The lowest BCUT2D eigenvalue weighted by atomic mass is 9.97. The van der Waals surface area contributed by atoms with Crippen LogP contribution in [-0.2, 0) is 9.53 Å². The molecule has 0 spiro atoms. The van der Waals surface area contributed by atoms with E-state index in [4.69, 9.17) is 4.52 Å². The summed E-state index contributed by atoms with van der Waals surface area (Å²) < 4.78 is 10.2. The smallest absolute Gasteiger partial charge is 0.337 e. The van der Waals surface area contributed by atoms with Crippen LogP contribution >= 0.6 is 0 Å². The summed E-state index contributed by atoms with van der Waals surface area (Å²) in [5.41, 5.74) is 3.22. The fourth-order valence-corrected chi connectivity index (χ4v) is 3.77. The predicted octanol–water partition coefficient (Wildman–Crippen LogP) is 3.65. The van der Waals surface area contributed by atoms with Crippen molar-refractivity contribution in [1.82, 2.24) is 15.0 Å². The molecule has 8 nitrogen and oxygen atoms in total. The Morgan fingerprint density at radius 3 is 2.44 bits per heavy atom. The Balaban J connectivity index is 1.26. The van der Waals surface area contributed by atoms with Gasteiger partial charge < -0.3 is 14.6 Å². The van der Waals surface area contributed by atoms with E-state index in [1.807, 2.05) is 31.2 Å². The highest BCUT2D eigenvalue weighted by molar-refractivity contribution is 5.94. The molecule has 1 aromatic heterocycles. The van der Waals surface area contributed by atoms with Crippen molar-refractivity contribution in [3.8, 4) is 11.4 Å². The zero-order valence-electron chi connectivity index (χ0n) is 18.2. The van der Waals surface area contributed by atoms with Gasteiger partial charge in [0.15, 0.2) is 0 Å². The predicted molar refractivity (Wildman–Crippen MR) is 119 cm³/mol. The number of methoxy groups -OCH3 is 1. The fourth-order valence-electron chi connectivity index (χ4n) is 3.77. The third kappa shape index (κ3) is 5.20. The number of anilines is 1. The number of amides is 1. The molecule has 1 amide bonds. The molecule has 4 rings (SSSR count). The van der Waals surface area contributed by atoms with Crippen LogP contribution in [0.15, 0.2) is 53.1 Å². The number of hydrogen-bond acceptors (Lipinski definition) is 7.